The van der Waals surface area contributed by atoms with Crippen LogP contribution in [0.4, 0.5) is 4.39 Å². The van der Waals surface area contributed by atoms with Crippen LogP contribution in [0.1, 0.15) is 26.7 Å². The summed E-state index contributed by atoms with van der Waals surface area (Å²) < 4.78 is 18.2. The summed E-state index contributed by atoms with van der Waals surface area (Å²) in [7, 11) is 0. The Kier molecular flexibility index (Phi) is 4.99. The number of nitrogens with zero attached hydrogens (tertiary/aromatic N) is 1. The van der Waals surface area contributed by atoms with E-state index in [1.165, 1.54) is 18.6 Å². The highest BCUT2D eigenvalue weighted by Gasteiger charge is 2.24. The fourth-order valence-corrected chi connectivity index (χ4v) is 2.81. The highest BCUT2D eigenvalue weighted by molar-refractivity contribution is 5.76. The van der Waals surface area contributed by atoms with E-state index < -0.39 is 0 Å². The Morgan fingerprint density at radius 3 is 2.45 bits per heavy atom. The van der Waals surface area contributed by atoms with Gasteiger partial charge in [-0.15, -0.1) is 0 Å². The minimum Gasteiger partial charge on any atom is -0.493 e. The van der Waals surface area contributed by atoms with E-state index in [1.54, 1.807) is 12.1 Å². The molecule has 1 fully saturated rings. The van der Waals surface area contributed by atoms with Crippen molar-refractivity contribution in [3.8, 4) is 5.75 Å². The predicted molar refractivity (Wildman–Crippen MR) is 76.0 cm³/mol. The first kappa shape index (κ1) is 14.8. The molecule has 0 spiro atoms. The van der Waals surface area contributed by atoms with E-state index in [1.807, 2.05) is 4.90 Å². The van der Waals surface area contributed by atoms with Gasteiger partial charge in [-0.05, 0) is 42.5 Å². The Morgan fingerprint density at radius 2 is 1.85 bits per heavy atom. The number of rotatable bonds is 4. The fraction of sp³-hybridized carbons (Fsp3) is 0.562. The lowest BCUT2D eigenvalue weighted by atomic mass is 9.92. The second-order valence-electron chi connectivity index (χ2n) is 5.80. The van der Waals surface area contributed by atoms with E-state index in [0.29, 0.717) is 30.6 Å². The molecule has 1 amide bonds. The molecule has 0 saturated carbocycles. The maximum atomic E-state index is 12.7. The largest absolute Gasteiger partial charge is 0.493 e. The SMILES string of the molecule is CC1CC(C)CN(C(=O)CCOc2ccc(F)cc2)C1. The second-order valence-corrected chi connectivity index (χ2v) is 5.80. The van der Waals surface area contributed by atoms with Crippen molar-refractivity contribution in [1.82, 2.24) is 4.90 Å². The molecule has 110 valence electrons. The molecule has 0 aromatic heterocycles. The average molecular weight is 279 g/mol. The Balaban J connectivity index is 1.76. The summed E-state index contributed by atoms with van der Waals surface area (Å²) in [5.74, 6) is 1.59. The molecule has 0 N–H and O–H groups in total. The lowest BCUT2D eigenvalue weighted by molar-refractivity contribution is -0.134. The van der Waals surface area contributed by atoms with Crippen LogP contribution in [0.2, 0.25) is 0 Å². The first-order valence-corrected chi connectivity index (χ1v) is 7.20. The molecule has 1 aromatic rings. The number of amides is 1. The lowest BCUT2D eigenvalue weighted by Crippen LogP contribution is -2.42. The van der Waals surface area contributed by atoms with E-state index in [9.17, 15) is 9.18 Å². The minimum atomic E-state index is -0.287. The molecule has 2 atom stereocenters. The van der Waals surface area contributed by atoms with Crippen LogP contribution < -0.4 is 4.74 Å². The van der Waals surface area contributed by atoms with Crippen LogP contribution in [0.15, 0.2) is 24.3 Å². The molecule has 1 heterocycles. The highest BCUT2D eigenvalue weighted by Crippen LogP contribution is 2.21. The third kappa shape index (κ3) is 4.22. The van der Waals surface area contributed by atoms with E-state index in [2.05, 4.69) is 13.8 Å². The van der Waals surface area contributed by atoms with Gasteiger partial charge in [-0.3, -0.25) is 4.79 Å². The number of halogens is 1. The second kappa shape index (κ2) is 6.73. The topological polar surface area (TPSA) is 29.5 Å². The molecule has 0 bridgehead atoms. The van der Waals surface area contributed by atoms with Crippen molar-refractivity contribution in [3.63, 3.8) is 0 Å². The Hall–Kier alpha value is -1.58. The number of carbonyl (C=O) groups is 1. The first-order chi connectivity index (χ1) is 9.54. The van der Waals surface area contributed by atoms with Crippen LogP contribution in [0.3, 0.4) is 0 Å². The summed E-state index contributed by atoms with van der Waals surface area (Å²) in [4.78, 5) is 14.1. The van der Waals surface area contributed by atoms with Crippen molar-refractivity contribution in [2.45, 2.75) is 26.7 Å². The highest BCUT2D eigenvalue weighted by atomic mass is 19.1. The molecule has 1 saturated heterocycles. The molecule has 0 aliphatic carbocycles. The predicted octanol–water partition coefficient (Wildman–Crippen LogP) is 3.10. The maximum Gasteiger partial charge on any atom is 0.226 e. The van der Waals surface area contributed by atoms with Gasteiger partial charge in [0.2, 0.25) is 5.91 Å². The minimum absolute atomic E-state index is 0.144. The summed E-state index contributed by atoms with van der Waals surface area (Å²) in [5.41, 5.74) is 0. The van der Waals surface area contributed by atoms with Gasteiger partial charge in [-0.2, -0.15) is 0 Å². The number of carbonyl (C=O) groups excluding carboxylic acids is 1. The summed E-state index contributed by atoms with van der Waals surface area (Å²) in [6, 6.07) is 5.85. The molecular formula is C16H22FNO2. The molecular weight excluding hydrogens is 257 g/mol. The summed E-state index contributed by atoms with van der Waals surface area (Å²) in [6.07, 6.45) is 1.56. The smallest absolute Gasteiger partial charge is 0.226 e. The number of likely N-dealkylation sites (tertiary alicyclic amines) is 1. The summed E-state index contributed by atoms with van der Waals surface area (Å²) in [5, 5.41) is 0. The zero-order chi connectivity index (χ0) is 14.5. The number of hydrogen-bond acceptors (Lipinski definition) is 2. The quantitative estimate of drug-likeness (QED) is 0.847. The van der Waals surface area contributed by atoms with Gasteiger partial charge < -0.3 is 9.64 Å². The van der Waals surface area contributed by atoms with Gasteiger partial charge in [-0.1, -0.05) is 13.8 Å². The van der Waals surface area contributed by atoms with Gasteiger partial charge in [0.05, 0.1) is 13.0 Å². The molecule has 2 unspecified atom stereocenters. The van der Waals surface area contributed by atoms with Crippen molar-refractivity contribution in [2.75, 3.05) is 19.7 Å². The third-order valence-corrected chi connectivity index (χ3v) is 3.62. The number of benzene rings is 1. The first-order valence-electron chi connectivity index (χ1n) is 7.20. The zero-order valence-corrected chi connectivity index (χ0v) is 12.1. The van der Waals surface area contributed by atoms with Crippen LogP contribution in [-0.4, -0.2) is 30.5 Å². The molecule has 1 aromatic carbocycles. The van der Waals surface area contributed by atoms with E-state index in [0.717, 1.165) is 13.1 Å². The van der Waals surface area contributed by atoms with Crippen LogP contribution in [-0.2, 0) is 4.79 Å². The normalized spacial score (nSPS) is 22.6. The number of hydrogen-bond donors (Lipinski definition) is 0. The van der Waals surface area contributed by atoms with Crippen molar-refractivity contribution in [3.05, 3.63) is 30.1 Å². The van der Waals surface area contributed by atoms with E-state index in [-0.39, 0.29) is 11.7 Å². The summed E-state index contributed by atoms with van der Waals surface area (Å²) >= 11 is 0. The van der Waals surface area contributed by atoms with Crippen LogP contribution >= 0.6 is 0 Å². The van der Waals surface area contributed by atoms with Crippen LogP contribution in [0, 0.1) is 17.7 Å². The van der Waals surface area contributed by atoms with Crippen molar-refractivity contribution in [1.29, 1.82) is 0 Å². The van der Waals surface area contributed by atoms with Crippen molar-refractivity contribution < 1.29 is 13.9 Å². The standard InChI is InChI=1S/C16H22FNO2/c1-12-9-13(2)11-18(10-12)16(19)7-8-20-15-5-3-14(17)4-6-15/h3-6,12-13H,7-11H2,1-2H3. The van der Waals surface area contributed by atoms with Gasteiger partial charge in [0, 0.05) is 13.1 Å². The van der Waals surface area contributed by atoms with E-state index >= 15 is 0 Å². The van der Waals surface area contributed by atoms with Crippen molar-refractivity contribution >= 4 is 5.91 Å². The maximum absolute atomic E-state index is 12.7. The van der Waals surface area contributed by atoms with Crippen LogP contribution in [0.5, 0.6) is 5.75 Å². The monoisotopic (exact) mass is 279 g/mol. The van der Waals surface area contributed by atoms with Gasteiger partial charge in [0.25, 0.3) is 0 Å². The van der Waals surface area contributed by atoms with Gasteiger partial charge >= 0.3 is 0 Å². The molecule has 0 radical (unpaired) electrons. The number of ether oxygens (including phenoxy) is 1. The molecule has 2 rings (SSSR count). The molecule has 3 nitrogen and oxygen atoms in total. The Morgan fingerprint density at radius 1 is 1.25 bits per heavy atom. The average Bonchev–Trinajstić information content (AvgIpc) is 2.40. The van der Waals surface area contributed by atoms with Gasteiger partial charge in [0.15, 0.2) is 0 Å². The Labute approximate surface area is 119 Å². The Bertz CT molecular complexity index is 436. The van der Waals surface area contributed by atoms with Gasteiger partial charge in [-0.25, -0.2) is 4.39 Å². The summed E-state index contributed by atoms with van der Waals surface area (Å²) in [6.45, 7) is 6.40. The van der Waals surface area contributed by atoms with E-state index in [4.69, 9.17) is 4.74 Å². The lowest BCUT2D eigenvalue weighted by Gasteiger charge is -2.35. The molecule has 20 heavy (non-hydrogen) atoms. The number of piperidine rings is 1. The zero-order valence-electron chi connectivity index (χ0n) is 12.1. The molecule has 4 heteroatoms. The third-order valence-electron chi connectivity index (χ3n) is 3.62. The molecule has 1 aliphatic rings. The van der Waals surface area contributed by atoms with Crippen molar-refractivity contribution in [2.24, 2.45) is 11.8 Å². The fourth-order valence-electron chi connectivity index (χ4n) is 2.81. The van der Waals surface area contributed by atoms with Crippen LogP contribution in [0.25, 0.3) is 0 Å². The van der Waals surface area contributed by atoms with Gasteiger partial charge in [0.1, 0.15) is 11.6 Å². The molecule has 1 aliphatic heterocycles.